The Labute approximate surface area is 222 Å². The molecule has 0 aliphatic heterocycles. The minimum atomic E-state index is -2.35. The lowest BCUT2D eigenvalue weighted by molar-refractivity contribution is -0.202. The molecule has 2 aromatic carbocycles. The van der Waals surface area contributed by atoms with E-state index in [1.54, 1.807) is 0 Å². The van der Waals surface area contributed by atoms with Crippen molar-refractivity contribution in [3.8, 4) is 23.0 Å². The van der Waals surface area contributed by atoms with E-state index >= 15 is 0 Å². The number of carbonyl (C=O) groups is 3. The average Bonchev–Trinajstić information content (AvgIpc) is 2.88. The van der Waals surface area contributed by atoms with Crippen molar-refractivity contribution in [3.63, 3.8) is 0 Å². The van der Waals surface area contributed by atoms with Crippen LogP contribution in [0.15, 0.2) is 48.6 Å². The highest BCUT2D eigenvalue weighted by atomic mass is 16.6. The van der Waals surface area contributed by atoms with E-state index < -0.39 is 67.5 Å². The number of phenolic OH excluding ortho intramolecular Hbond substituents is 4. The number of carboxylic acid groups (broad SMARTS) is 1. The molecule has 3 rings (SSSR count). The van der Waals surface area contributed by atoms with Crippen molar-refractivity contribution >= 4 is 29.7 Å². The lowest BCUT2D eigenvalue weighted by atomic mass is 9.79. The minimum Gasteiger partial charge on any atom is -0.504 e. The zero-order valence-corrected chi connectivity index (χ0v) is 20.5. The number of hydrogen-bond acceptors (Lipinski definition) is 11. The van der Waals surface area contributed by atoms with Gasteiger partial charge in [-0.05, 0) is 47.5 Å². The van der Waals surface area contributed by atoms with Crippen LogP contribution >= 0.6 is 0 Å². The van der Waals surface area contributed by atoms with Crippen molar-refractivity contribution in [2.45, 2.75) is 36.8 Å². The summed E-state index contributed by atoms with van der Waals surface area (Å²) >= 11 is 0. The molecule has 1 aliphatic carbocycles. The third-order valence-electron chi connectivity index (χ3n) is 6.01. The Morgan fingerprint density at radius 3 is 1.74 bits per heavy atom. The fourth-order valence-corrected chi connectivity index (χ4v) is 3.92. The maximum absolute atomic E-state index is 12.3. The van der Waals surface area contributed by atoms with Gasteiger partial charge in [-0.3, -0.25) is 9.59 Å². The summed E-state index contributed by atoms with van der Waals surface area (Å²) in [5, 5.41) is 68.2. The van der Waals surface area contributed by atoms with E-state index in [0.717, 1.165) is 12.2 Å². The summed E-state index contributed by atoms with van der Waals surface area (Å²) in [6, 6.07) is 7.84. The zero-order valence-electron chi connectivity index (χ0n) is 20.5. The van der Waals surface area contributed by atoms with Crippen LogP contribution in [0.25, 0.3) is 12.2 Å². The molecular formula is C27H28O12. The molecule has 12 nitrogen and oxygen atoms in total. The first kappa shape index (κ1) is 29.3. The highest BCUT2D eigenvalue weighted by Gasteiger charge is 2.50. The number of hydrogen-bond donors (Lipinski definition) is 7. The van der Waals surface area contributed by atoms with Crippen LogP contribution in [-0.2, 0) is 23.9 Å². The molecule has 0 unspecified atom stereocenters. The number of aliphatic hydroxyl groups is 2. The molecule has 4 atom stereocenters. The molecule has 1 saturated carbocycles. The summed E-state index contributed by atoms with van der Waals surface area (Å²) in [5.74, 6) is -4.13. The molecule has 12 heteroatoms. The van der Waals surface area contributed by atoms with Gasteiger partial charge in [-0.1, -0.05) is 24.3 Å². The quantitative estimate of drug-likeness (QED) is 0.157. The highest BCUT2D eigenvalue weighted by molar-refractivity contribution is 5.95. The van der Waals surface area contributed by atoms with Gasteiger partial charge in [0, 0.05) is 12.8 Å². The number of aliphatic carboxylic acids is 1. The number of carbonyl (C=O) groups excluding carboxylic acids is 2. The van der Waals surface area contributed by atoms with Crippen LogP contribution in [0.1, 0.15) is 24.0 Å². The lowest BCUT2D eigenvalue weighted by Crippen LogP contribution is -2.58. The number of benzene rings is 2. The van der Waals surface area contributed by atoms with Gasteiger partial charge in [0.25, 0.3) is 0 Å². The molecule has 39 heavy (non-hydrogen) atoms. The zero-order chi connectivity index (χ0) is 28.7. The van der Waals surface area contributed by atoms with Crippen LogP contribution in [-0.4, -0.2) is 90.4 Å². The van der Waals surface area contributed by atoms with Crippen molar-refractivity contribution in [2.75, 3.05) is 13.2 Å². The number of rotatable bonds is 11. The maximum atomic E-state index is 12.3. The Morgan fingerprint density at radius 2 is 1.28 bits per heavy atom. The molecule has 1 aliphatic rings. The fraction of sp³-hybridized carbons (Fsp3) is 0.296. The van der Waals surface area contributed by atoms with Crippen LogP contribution in [0.4, 0.5) is 0 Å². The van der Waals surface area contributed by atoms with Crippen LogP contribution in [0.5, 0.6) is 23.0 Å². The van der Waals surface area contributed by atoms with Crippen molar-refractivity contribution in [3.05, 3.63) is 59.7 Å². The van der Waals surface area contributed by atoms with Gasteiger partial charge in [-0.15, -0.1) is 0 Å². The van der Waals surface area contributed by atoms with Gasteiger partial charge in [0.1, 0.15) is 19.3 Å². The van der Waals surface area contributed by atoms with Gasteiger partial charge in [-0.2, -0.15) is 0 Å². The second-order valence-corrected chi connectivity index (χ2v) is 9.03. The summed E-state index contributed by atoms with van der Waals surface area (Å²) in [7, 11) is 0. The lowest BCUT2D eigenvalue weighted by Gasteiger charge is -2.41. The summed E-state index contributed by atoms with van der Waals surface area (Å²) in [6.45, 7) is -1.13. The summed E-state index contributed by atoms with van der Waals surface area (Å²) in [5.41, 5.74) is -1.53. The molecular weight excluding hydrogens is 516 g/mol. The van der Waals surface area contributed by atoms with Gasteiger partial charge >= 0.3 is 5.97 Å². The van der Waals surface area contributed by atoms with Crippen LogP contribution in [0.3, 0.4) is 0 Å². The van der Waals surface area contributed by atoms with Crippen molar-refractivity contribution in [1.82, 2.24) is 0 Å². The first-order valence-corrected chi connectivity index (χ1v) is 11.7. The second-order valence-electron chi connectivity index (χ2n) is 9.03. The van der Waals surface area contributed by atoms with Gasteiger partial charge in [0.15, 0.2) is 40.2 Å². The molecule has 1 fully saturated rings. The highest BCUT2D eigenvalue weighted by Crippen LogP contribution is 2.33. The standard InChI is InChI=1S/C27H28O12/c28-17(5-1-15-3-7-19(30)21(32)9-15)13-38-24-12-27(37,26(35)36)11-23(34)25(24)39-14-18(29)6-2-16-4-8-20(31)22(33)10-16/h1-10,23-25,30-34,37H,11-14H2,(H,35,36)/t23-,24+,25-,27+/m1/s1. The molecule has 0 aromatic heterocycles. The number of aromatic hydroxyl groups is 4. The maximum Gasteiger partial charge on any atom is 0.335 e. The molecule has 208 valence electrons. The molecule has 0 radical (unpaired) electrons. The Balaban J connectivity index is 1.64. The smallest absolute Gasteiger partial charge is 0.335 e. The molecule has 0 heterocycles. The number of ketones is 2. The summed E-state index contributed by atoms with van der Waals surface area (Å²) < 4.78 is 11.0. The van der Waals surface area contributed by atoms with Crippen molar-refractivity contribution in [2.24, 2.45) is 0 Å². The second kappa shape index (κ2) is 12.5. The predicted octanol–water partition coefficient (Wildman–Crippen LogP) is 1.11. The van der Waals surface area contributed by atoms with E-state index in [2.05, 4.69) is 0 Å². The number of carboxylic acids is 1. The van der Waals surface area contributed by atoms with E-state index in [-0.39, 0.29) is 23.0 Å². The third kappa shape index (κ3) is 7.88. The molecule has 7 N–H and O–H groups in total. The molecule has 0 amide bonds. The van der Waals surface area contributed by atoms with Gasteiger partial charge < -0.3 is 45.2 Å². The summed E-state index contributed by atoms with van der Waals surface area (Å²) in [6.07, 6.45) is -0.202. The van der Waals surface area contributed by atoms with E-state index in [4.69, 9.17) is 9.47 Å². The van der Waals surface area contributed by atoms with E-state index in [1.165, 1.54) is 48.6 Å². The minimum absolute atomic E-state index is 0.325. The fourth-order valence-electron chi connectivity index (χ4n) is 3.92. The van der Waals surface area contributed by atoms with E-state index in [1.807, 2.05) is 0 Å². The average molecular weight is 545 g/mol. The Hall–Kier alpha value is -4.23. The number of aliphatic hydroxyl groups excluding tert-OH is 1. The Morgan fingerprint density at radius 1 is 0.795 bits per heavy atom. The Bertz CT molecular complexity index is 1280. The SMILES string of the molecule is O=C(C=Cc1ccc(O)c(O)c1)CO[C@@H]1[C@H](O)C[C@@](O)(C(=O)O)C[C@@H]1OCC(=O)C=Cc1ccc(O)c(O)c1. The molecule has 2 aromatic rings. The Kier molecular flexibility index (Phi) is 9.43. The first-order chi connectivity index (χ1) is 18.4. The monoisotopic (exact) mass is 544 g/mol. The van der Waals surface area contributed by atoms with Gasteiger partial charge in [0.05, 0.1) is 12.2 Å². The largest absolute Gasteiger partial charge is 0.504 e. The predicted molar refractivity (Wildman–Crippen MR) is 135 cm³/mol. The topological polar surface area (TPSA) is 211 Å². The number of ether oxygens (including phenoxy) is 2. The first-order valence-electron chi connectivity index (χ1n) is 11.7. The van der Waals surface area contributed by atoms with Crippen molar-refractivity contribution < 1.29 is 59.6 Å². The van der Waals surface area contributed by atoms with E-state index in [0.29, 0.717) is 11.1 Å². The van der Waals surface area contributed by atoms with E-state index in [9.17, 15) is 50.1 Å². The van der Waals surface area contributed by atoms with Gasteiger partial charge in [-0.25, -0.2) is 4.79 Å². The van der Waals surface area contributed by atoms with Crippen molar-refractivity contribution in [1.29, 1.82) is 0 Å². The van der Waals surface area contributed by atoms with Crippen LogP contribution < -0.4 is 0 Å². The third-order valence-corrected chi connectivity index (χ3v) is 6.01. The summed E-state index contributed by atoms with van der Waals surface area (Å²) in [4.78, 5) is 36.2. The van der Waals surface area contributed by atoms with Gasteiger partial charge in [0.2, 0.25) is 0 Å². The van der Waals surface area contributed by atoms with Crippen LogP contribution in [0, 0.1) is 0 Å². The van der Waals surface area contributed by atoms with Crippen LogP contribution in [0.2, 0.25) is 0 Å². The molecule has 0 spiro atoms. The molecule has 0 saturated heterocycles. The normalized spacial score (nSPS) is 23.3. The number of phenols is 4. The molecule has 0 bridgehead atoms.